The summed E-state index contributed by atoms with van der Waals surface area (Å²) >= 11 is 0. The van der Waals surface area contributed by atoms with Crippen LogP contribution in [0.2, 0.25) is 0 Å². The van der Waals surface area contributed by atoms with E-state index in [4.69, 9.17) is 4.74 Å². The molecule has 23 heavy (non-hydrogen) atoms. The molecule has 0 aromatic carbocycles. The van der Waals surface area contributed by atoms with E-state index in [0.717, 1.165) is 49.4 Å². The number of hydrogen-bond acceptors (Lipinski definition) is 3. The lowest BCUT2D eigenvalue weighted by Crippen LogP contribution is -2.50. The highest BCUT2D eigenvalue weighted by Gasteiger charge is 2.58. The zero-order valence-corrected chi connectivity index (χ0v) is 14.6. The summed E-state index contributed by atoms with van der Waals surface area (Å²) in [7, 11) is 0. The number of hydrogen-bond donors (Lipinski definition) is 0. The van der Waals surface area contributed by atoms with Crippen LogP contribution < -0.4 is 0 Å². The minimum Gasteiger partial charge on any atom is -0.462 e. The van der Waals surface area contributed by atoms with Gasteiger partial charge in [0.15, 0.2) is 0 Å². The van der Waals surface area contributed by atoms with Crippen LogP contribution in [0.4, 0.5) is 0 Å². The molecule has 0 radical (unpaired) electrons. The van der Waals surface area contributed by atoms with Crippen LogP contribution in [-0.2, 0) is 14.3 Å². The molecule has 0 bridgehead atoms. The number of ketones is 1. The van der Waals surface area contributed by atoms with Gasteiger partial charge in [-0.1, -0.05) is 6.92 Å². The Hall–Kier alpha value is -0.860. The Bertz CT molecular complexity index is 513. The van der Waals surface area contributed by atoms with Gasteiger partial charge >= 0.3 is 5.97 Å². The molecule has 3 nitrogen and oxygen atoms in total. The van der Waals surface area contributed by atoms with Crippen LogP contribution in [0.1, 0.15) is 71.6 Å². The standard InChI is InChI=1S/C20H30O3/c1-12(21)23-19-8-7-18-17-5-3-13-11-14(22)4-6-15(13)16(17)9-10-20(18,19)2/h13,15-19H,3-11H2,1-2H3/t13-,15+,16-,17-,18+,19+,20+/m1/s1. The molecule has 0 spiro atoms. The zero-order chi connectivity index (χ0) is 16.2. The van der Waals surface area contributed by atoms with Crippen LogP contribution in [-0.4, -0.2) is 17.9 Å². The lowest BCUT2D eigenvalue weighted by atomic mass is 9.50. The van der Waals surface area contributed by atoms with Crippen LogP contribution >= 0.6 is 0 Å². The van der Waals surface area contributed by atoms with Gasteiger partial charge in [0.2, 0.25) is 0 Å². The summed E-state index contributed by atoms with van der Waals surface area (Å²) in [6, 6.07) is 0. The lowest BCUT2D eigenvalue weighted by Gasteiger charge is -2.55. The minimum atomic E-state index is -0.117. The first-order valence-electron chi connectivity index (χ1n) is 9.68. The third kappa shape index (κ3) is 2.46. The Morgan fingerprint density at radius 1 is 1.04 bits per heavy atom. The van der Waals surface area contributed by atoms with Crippen LogP contribution in [0.25, 0.3) is 0 Å². The molecule has 128 valence electrons. The van der Waals surface area contributed by atoms with E-state index in [-0.39, 0.29) is 17.5 Å². The Balaban J connectivity index is 1.53. The maximum Gasteiger partial charge on any atom is 0.302 e. The number of fused-ring (bicyclic) bond motifs is 5. The van der Waals surface area contributed by atoms with Gasteiger partial charge in [0.05, 0.1) is 0 Å². The van der Waals surface area contributed by atoms with Crippen LogP contribution in [0, 0.1) is 35.0 Å². The molecule has 0 aromatic rings. The van der Waals surface area contributed by atoms with Gasteiger partial charge in [-0.2, -0.15) is 0 Å². The van der Waals surface area contributed by atoms with Crippen molar-refractivity contribution in [3.05, 3.63) is 0 Å². The maximum absolute atomic E-state index is 11.8. The van der Waals surface area contributed by atoms with Crippen molar-refractivity contribution in [1.29, 1.82) is 0 Å². The normalized spacial score (nSPS) is 49.0. The highest BCUT2D eigenvalue weighted by Crippen LogP contribution is 2.62. The van der Waals surface area contributed by atoms with Gasteiger partial charge in [0, 0.05) is 25.2 Å². The molecule has 0 N–H and O–H groups in total. The molecule has 4 aliphatic carbocycles. The minimum absolute atomic E-state index is 0.117. The van der Waals surface area contributed by atoms with E-state index in [2.05, 4.69) is 6.92 Å². The molecule has 4 saturated carbocycles. The summed E-state index contributed by atoms with van der Waals surface area (Å²) in [4.78, 5) is 23.3. The van der Waals surface area contributed by atoms with Crippen LogP contribution in [0.3, 0.4) is 0 Å². The number of rotatable bonds is 1. The fraction of sp³-hybridized carbons (Fsp3) is 0.900. The molecule has 4 rings (SSSR count). The first kappa shape index (κ1) is 15.7. The molecule has 0 heterocycles. The van der Waals surface area contributed by atoms with Gasteiger partial charge in [-0.15, -0.1) is 0 Å². The third-order valence-electron chi connectivity index (χ3n) is 7.99. The molecule has 4 fully saturated rings. The zero-order valence-electron chi connectivity index (χ0n) is 14.6. The molecular weight excluding hydrogens is 288 g/mol. The maximum atomic E-state index is 11.8. The van der Waals surface area contributed by atoms with E-state index in [0.29, 0.717) is 11.7 Å². The summed E-state index contributed by atoms with van der Waals surface area (Å²) in [6.07, 6.45) is 10.3. The highest BCUT2D eigenvalue weighted by molar-refractivity contribution is 5.79. The SMILES string of the molecule is CC(=O)O[C@H]1CC[C@H]2[C@@H]3CC[C@@H]4CC(=O)CC[C@@H]4[C@H]3CC[C@]12C. The fourth-order valence-electron chi connectivity index (χ4n) is 7.01. The molecule has 3 heteroatoms. The van der Waals surface area contributed by atoms with Crippen molar-refractivity contribution in [3.8, 4) is 0 Å². The second-order valence-electron chi connectivity index (χ2n) is 8.94. The number of esters is 1. The molecule has 0 unspecified atom stereocenters. The Kier molecular flexibility index (Phi) is 3.81. The topological polar surface area (TPSA) is 43.4 Å². The van der Waals surface area contributed by atoms with E-state index in [1.165, 1.54) is 32.1 Å². The monoisotopic (exact) mass is 318 g/mol. The molecule has 7 atom stereocenters. The summed E-state index contributed by atoms with van der Waals surface area (Å²) < 4.78 is 5.70. The van der Waals surface area contributed by atoms with E-state index in [9.17, 15) is 9.59 Å². The Morgan fingerprint density at radius 3 is 2.65 bits per heavy atom. The molecular formula is C20H30O3. The molecule has 0 aliphatic heterocycles. The van der Waals surface area contributed by atoms with Crippen LogP contribution in [0.5, 0.6) is 0 Å². The quantitative estimate of drug-likeness (QED) is 0.682. The fourth-order valence-corrected chi connectivity index (χ4v) is 7.01. The molecule has 0 amide bonds. The largest absolute Gasteiger partial charge is 0.462 e. The number of ether oxygens (including phenoxy) is 1. The van der Waals surface area contributed by atoms with E-state index < -0.39 is 0 Å². The van der Waals surface area contributed by atoms with Crippen molar-refractivity contribution in [2.45, 2.75) is 77.7 Å². The first-order valence-corrected chi connectivity index (χ1v) is 9.68. The predicted molar refractivity (Wildman–Crippen MR) is 87.7 cm³/mol. The van der Waals surface area contributed by atoms with Crippen molar-refractivity contribution >= 4 is 11.8 Å². The first-order chi connectivity index (χ1) is 11.0. The van der Waals surface area contributed by atoms with Gasteiger partial charge in [0.1, 0.15) is 11.9 Å². The third-order valence-corrected chi connectivity index (χ3v) is 7.99. The second kappa shape index (κ2) is 5.60. The summed E-state index contributed by atoms with van der Waals surface area (Å²) in [5.74, 6) is 4.22. The van der Waals surface area contributed by atoms with Crippen molar-refractivity contribution in [2.75, 3.05) is 0 Å². The number of carbonyl (C=O) groups is 2. The van der Waals surface area contributed by atoms with E-state index in [1.54, 1.807) is 6.92 Å². The average Bonchev–Trinajstić information content (AvgIpc) is 2.83. The predicted octanol–water partition coefficient (Wildman–Crippen LogP) is 4.14. The van der Waals surface area contributed by atoms with Gasteiger partial charge < -0.3 is 4.74 Å². The van der Waals surface area contributed by atoms with Gasteiger partial charge in [-0.3, -0.25) is 9.59 Å². The van der Waals surface area contributed by atoms with Crippen molar-refractivity contribution in [2.24, 2.45) is 35.0 Å². The van der Waals surface area contributed by atoms with Crippen molar-refractivity contribution < 1.29 is 14.3 Å². The van der Waals surface area contributed by atoms with Crippen LogP contribution in [0.15, 0.2) is 0 Å². The summed E-state index contributed by atoms with van der Waals surface area (Å²) in [5.41, 5.74) is 0.199. The Labute approximate surface area is 139 Å². The number of carbonyl (C=O) groups excluding carboxylic acids is 2. The lowest BCUT2D eigenvalue weighted by molar-refractivity contribution is -0.157. The van der Waals surface area contributed by atoms with Crippen molar-refractivity contribution in [1.82, 2.24) is 0 Å². The van der Waals surface area contributed by atoms with E-state index in [1.807, 2.05) is 0 Å². The summed E-state index contributed by atoms with van der Waals surface area (Å²) in [6.45, 7) is 3.93. The van der Waals surface area contributed by atoms with Crippen molar-refractivity contribution in [3.63, 3.8) is 0 Å². The van der Waals surface area contributed by atoms with E-state index >= 15 is 0 Å². The average molecular weight is 318 g/mol. The molecule has 0 saturated heterocycles. The highest BCUT2D eigenvalue weighted by atomic mass is 16.5. The van der Waals surface area contributed by atoms with Gasteiger partial charge in [0.25, 0.3) is 0 Å². The van der Waals surface area contributed by atoms with Gasteiger partial charge in [-0.25, -0.2) is 0 Å². The molecule has 4 aliphatic rings. The number of Topliss-reactive ketones (excluding diaryl/α,β-unsaturated/α-hetero) is 1. The second-order valence-corrected chi connectivity index (χ2v) is 8.94. The Morgan fingerprint density at radius 2 is 1.87 bits per heavy atom. The summed E-state index contributed by atoms with van der Waals surface area (Å²) in [5, 5.41) is 0. The van der Waals surface area contributed by atoms with Gasteiger partial charge in [-0.05, 0) is 74.5 Å². The molecule has 0 aromatic heterocycles. The smallest absolute Gasteiger partial charge is 0.302 e.